The third-order valence-corrected chi connectivity index (χ3v) is 5.58. The van der Waals surface area contributed by atoms with Gasteiger partial charge in [0.1, 0.15) is 5.58 Å². The number of thiazole rings is 1. The summed E-state index contributed by atoms with van der Waals surface area (Å²) in [5.41, 5.74) is 1.96. The van der Waals surface area contributed by atoms with Crippen LogP contribution in [-0.4, -0.2) is 15.1 Å². The molecule has 0 aliphatic rings. The van der Waals surface area contributed by atoms with Crippen LogP contribution in [0.25, 0.3) is 33.1 Å². The van der Waals surface area contributed by atoms with Gasteiger partial charge in [-0.15, -0.1) is 21.6 Å². The molecule has 29 heavy (non-hydrogen) atoms. The molecule has 2 aromatic carbocycles. The number of nitrogens with zero attached hydrogens (tertiary/aromatic N) is 3. The number of halogens is 1. The van der Waals surface area contributed by atoms with Gasteiger partial charge in [-0.25, -0.2) is 9.78 Å². The van der Waals surface area contributed by atoms with Crippen LogP contribution >= 0.6 is 27.3 Å². The molecule has 0 radical (unpaired) electrons. The van der Waals surface area contributed by atoms with E-state index in [1.165, 1.54) is 11.3 Å². The van der Waals surface area contributed by atoms with Crippen molar-refractivity contribution in [2.75, 3.05) is 0 Å². The van der Waals surface area contributed by atoms with Crippen molar-refractivity contribution in [3.8, 4) is 17.1 Å². The summed E-state index contributed by atoms with van der Waals surface area (Å²) >= 11 is 4.65. The van der Waals surface area contributed by atoms with Crippen molar-refractivity contribution >= 4 is 60.0 Å². The first kappa shape index (κ1) is 17.8. The second-order valence-electron chi connectivity index (χ2n) is 6.21. The Labute approximate surface area is 175 Å². The maximum atomic E-state index is 12.3. The second kappa shape index (κ2) is 6.94. The average Bonchev–Trinajstić information content (AvgIpc) is 3.29. The Morgan fingerprint density at radius 1 is 1.14 bits per heavy atom. The van der Waals surface area contributed by atoms with E-state index in [0.717, 1.165) is 20.8 Å². The highest BCUT2D eigenvalue weighted by molar-refractivity contribution is 9.10. The van der Waals surface area contributed by atoms with E-state index in [2.05, 4.69) is 36.1 Å². The van der Waals surface area contributed by atoms with Gasteiger partial charge < -0.3 is 14.5 Å². The van der Waals surface area contributed by atoms with Crippen LogP contribution in [0.1, 0.15) is 0 Å². The van der Waals surface area contributed by atoms with Crippen LogP contribution in [0.15, 0.2) is 77.8 Å². The molecule has 0 spiro atoms. The van der Waals surface area contributed by atoms with E-state index in [9.17, 15) is 9.90 Å². The second-order valence-corrected chi connectivity index (χ2v) is 7.97. The predicted octanol–water partition coefficient (Wildman–Crippen LogP) is 6.28. The molecule has 0 saturated carbocycles. The lowest BCUT2D eigenvalue weighted by Crippen LogP contribution is -2.02. The van der Waals surface area contributed by atoms with Crippen molar-refractivity contribution in [2.24, 2.45) is 10.2 Å². The topological polar surface area (TPSA) is 104 Å². The third-order valence-electron chi connectivity index (χ3n) is 4.36. The minimum Gasteiger partial charge on any atom is -0.493 e. The summed E-state index contributed by atoms with van der Waals surface area (Å²) in [5, 5.41) is 22.0. The van der Waals surface area contributed by atoms with E-state index >= 15 is 0 Å². The molecule has 0 saturated heterocycles. The number of benzene rings is 2. The average molecular weight is 467 g/mol. The zero-order valence-electron chi connectivity index (χ0n) is 14.6. The quantitative estimate of drug-likeness (QED) is 0.241. The van der Waals surface area contributed by atoms with Gasteiger partial charge in [0, 0.05) is 20.6 Å². The van der Waals surface area contributed by atoms with Gasteiger partial charge >= 0.3 is 5.63 Å². The minimum atomic E-state index is -0.461. The normalized spacial score (nSPS) is 11.8. The fourth-order valence-corrected chi connectivity index (χ4v) is 4.00. The van der Waals surface area contributed by atoms with Crippen LogP contribution in [0, 0.1) is 0 Å². The van der Waals surface area contributed by atoms with E-state index in [0.29, 0.717) is 27.7 Å². The minimum absolute atomic E-state index is 0.0752. The Kier molecular flexibility index (Phi) is 4.26. The molecular weight excluding hydrogens is 456 g/mol. The molecule has 0 amide bonds. The predicted molar refractivity (Wildman–Crippen MR) is 115 cm³/mol. The number of nitrogens with one attached hydrogen (secondary N) is 1. The molecule has 5 rings (SSSR count). The zero-order chi connectivity index (χ0) is 20.0. The van der Waals surface area contributed by atoms with Crippen LogP contribution < -0.4 is 5.63 Å². The highest BCUT2D eigenvalue weighted by atomic mass is 79.9. The lowest BCUT2D eigenvalue weighted by Gasteiger charge is -1.98. The van der Waals surface area contributed by atoms with E-state index in [1.807, 2.05) is 36.4 Å². The van der Waals surface area contributed by atoms with Crippen LogP contribution in [0.4, 0.5) is 10.8 Å². The maximum Gasteiger partial charge on any atom is 0.345 e. The number of para-hydroxylation sites is 1. The summed E-state index contributed by atoms with van der Waals surface area (Å²) in [6, 6.07) is 14.6. The third kappa shape index (κ3) is 3.24. The van der Waals surface area contributed by atoms with Crippen LogP contribution in [0.3, 0.4) is 0 Å². The Morgan fingerprint density at radius 2 is 2.00 bits per heavy atom. The number of hydrogen-bond acceptors (Lipinski definition) is 7. The van der Waals surface area contributed by atoms with Crippen molar-refractivity contribution in [1.29, 1.82) is 0 Å². The van der Waals surface area contributed by atoms with Crippen LogP contribution in [0.5, 0.6) is 5.88 Å². The number of H-pyrrole nitrogens is 1. The smallest absolute Gasteiger partial charge is 0.345 e. The van der Waals surface area contributed by atoms with Gasteiger partial charge in [0.2, 0.25) is 11.0 Å². The summed E-state index contributed by atoms with van der Waals surface area (Å²) in [5.74, 6) is -0.0752. The molecule has 0 atom stereocenters. The number of azo groups is 1. The Morgan fingerprint density at radius 3 is 2.90 bits per heavy atom. The van der Waals surface area contributed by atoms with Gasteiger partial charge in [0.15, 0.2) is 5.69 Å². The molecule has 142 valence electrons. The highest BCUT2D eigenvalue weighted by Gasteiger charge is 2.13. The standard InChI is InChI=1S/C20H11BrN4O3S/c21-11-5-6-14-12(8-11)17(18(26)22-14)24-25-20-23-15(9-29-20)13-7-10-3-1-2-4-16(10)28-19(13)27/h1-9,22,26H. The van der Waals surface area contributed by atoms with E-state index < -0.39 is 5.63 Å². The fraction of sp³-hybridized carbons (Fsp3) is 0. The summed E-state index contributed by atoms with van der Waals surface area (Å²) < 4.78 is 6.22. The van der Waals surface area contributed by atoms with Gasteiger partial charge in [0.05, 0.1) is 16.8 Å². The van der Waals surface area contributed by atoms with Gasteiger partial charge in [0.25, 0.3) is 0 Å². The number of aromatic nitrogens is 2. The fourth-order valence-electron chi connectivity index (χ4n) is 3.00. The lowest BCUT2D eigenvalue weighted by molar-refractivity contribution is 0.459. The van der Waals surface area contributed by atoms with Crippen molar-refractivity contribution in [3.63, 3.8) is 0 Å². The molecule has 0 unspecified atom stereocenters. The Balaban J connectivity index is 1.52. The number of rotatable bonds is 3. The number of aromatic hydroxyl groups is 1. The summed E-state index contributed by atoms with van der Waals surface area (Å²) in [7, 11) is 0. The van der Waals surface area contributed by atoms with Gasteiger partial charge in [-0.05, 0) is 30.3 Å². The van der Waals surface area contributed by atoms with Gasteiger partial charge in [-0.1, -0.05) is 34.1 Å². The van der Waals surface area contributed by atoms with Crippen molar-refractivity contribution in [3.05, 3.63) is 68.8 Å². The van der Waals surface area contributed by atoms with Gasteiger partial charge in [-0.3, -0.25) is 0 Å². The zero-order valence-corrected chi connectivity index (χ0v) is 17.0. The first-order chi connectivity index (χ1) is 14.1. The molecule has 0 fully saturated rings. The molecule has 3 heterocycles. The Hall–Kier alpha value is -3.30. The summed E-state index contributed by atoms with van der Waals surface area (Å²) in [4.78, 5) is 19.5. The molecule has 9 heteroatoms. The van der Waals surface area contributed by atoms with Gasteiger partial charge in [-0.2, -0.15) is 0 Å². The van der Waals surface area contributed by atoms with E-state index in [1.54, 1.807) is 17.5 Å². The summed E-state index contributed by atoms with van der Waals surface area (Å²) in [6.45, 7) is 0. The summed E-state index contributed by atoms with van der Waals surface area (Å²) in [6.07, 6.45) is 0. The van der Waals surface area contributed by atoms with Crippen molar-refractivity contribution < 1.29 is 9.52 Å². The molecule has 5 aromatic rings. The number of fused-ring (bicyclic) bond motifs is 2. The number of aromatic amines is 1. The molecule has 0 aliphatic carbocycles. The van der Waals surface area contributed by atoms with Crippen LogP contribution in [0.2, 0.25) is 0 Å². The monoisotopic (exact) mass is 466 g/mol. The number of hydrogen-bond donors (Lipinski definition) is 2. The molecule has 0 bridgehead atoms. The van der Waals surface area contributed by atoms with Crippen molar-refractivity contribution in [1.82, 2.24) is 9.97 Å². The first-order valence-corrected chi connectivity index (χ1v) is 10.2. The molecule has 3 aromatic heterocycles. The first-order valence-electron chi connectivity index (χ1n) is 8.49. The van der Waals surface area contributed by atoms with E-state index in [4.69, 9.17) is 4.42 Å². The Bertz CT molecular complexity index is 1470. The molecule has 7 nitrogen and oxygen atoms in total. The van der Waals surface area contributed by atoms with E-state index in [-0.39, 0.29) is 5.88 Å². The largest absolute Gasteiger partial charge is 0.493 e. The molecule has 0 aliphatic heterocycles. The molecule has 2 N–H and O–H groups in total. The van der Waals surface area contributed by atoms with Crippen molar-refractivity contribution in [2.45, 2.75) is 0 Å². The maximum absolute atomic E-state index is 12.3. The highest BCUT2D eigenvalue weighted by Crippen LogP contribution is 2.38. The lowest BCUT2D eigenvalue weighted by atomic mass is 10.1. The SMILES string of the molecule is O=c1oc2ccccc2cc1-c1csc(N=Nc2c(O)[nH]c3ccc(Br)cc23)n1. The van der Waals surface area contributed by atoms with Crippen LogP contribution in [-0.2, 0) is 0 Å². The molecular formula is C20H11BrN4O3S.